The summed E-state index contributed by atoms with van der Waals surface area (Å²) in [6.07, 6.45) is 2.31. The van der Waals surface area contributed by atoms with Crippen molar-refractivity contribution in [1.82, 2.24) is 15.5 Å². The minimum Gasteiger partial charge on any atom is -0.356 e. The van der Waals surface area contributed by atoms with Crippen LogP contribution in [0.25, 0.3) is 0 Å². The molecule has 0 amide bonds. The van der Waals surface area contributed by atoms with Gasteiger partial charge in [0.25, 0.3) is 0 Å². The van der Waals surface area contributed by atoms with Gasteiger partial charge in [0.05, 0.1) is 0 Å². The number of unbranched alkanes of at least 4 members (excludes halogenated alkanes) is 1. The van der Waals surface area contributed by atoms with Crippen molar-refractivity contribution in [2.45, 2.75) is 33.2 Å². The molecule has 4 nitrogen and oxygen atoms in total. The second-order valence-corrected chi connectivity index (χ2v) is 6.17. The maximum atomic E-state index is 6.17. The van der Waals surface area contributed by atoms with E-state index >= 15 is 0 Å². The van der Waals surface area contributed by atoms with E-state index in [0.717, 1.165) is 44.1 Å². The molecule has 0 atom stereocenters. The summed E-state index contributed by atoms with van der Waals surface area (Å²) >= 11 is 12.1. The van der Waals surface area contributed by atoms with Crippen molar-refractivity contribution >= 4 is 29.2 Å². The summed E-state index contributed by atoms with van der Waals surface area (Å²) in [5, 5.41) is 7.91. The summed E-state index contributed by atoms with van der Waals surface area (Å²) in [4.78, 5) is 6.67. The lowest BCUT2D eigenvalue weighted by Crippen LogP contribution is -2.37. The van der Waals surface area contributed by atoms with Crippen molar-refractivity contribution in [2.24, 2.45) is 4.99 Å². The largest absolute Gasteiger partial charge is 0.356 e. The highest BCUT2D eigenvalue weighted by molar-refractivity contribution is 6.35. The van der Waals surface area contributed by atoms with Gasteiger partial charge in [0, 0.05) is 30.2 Å². The molecule has 130 valence electrons. The van der Waals surface area contributed by atoms with E-state index in [1.54, 1.807) is 13.1 Å². The van der Waals surface area contributed by atoms with Crippen LogP contribution in [0.4, 0.5) is 0 Å². The monoisotopic (exact) mass is 358 g/mol. The molecule has 0 aliphatic heterocycles. The molecule has 0 spiro atoms. The maximum Gasteiger partial charge on any atom is 0.191 e. The zero-order chi connectivity index (χ0) is 17.1. The Balaban J connectivity index is 2.27. The molecule has 2 N–H and O–H groups in total. The minimum absolute atomic E-state index is 0.620. The predicted molar refractivity (Wildman–Crippen MR) is 102 cm³/mol. The van der Waals surface area contributed by atoms with Crippen LogP contribution < -0.4 is 10.6 Å². The molecule has 0 unspecified atom stereocenters. The van der Waals surface area contributed by atoms with E-state index in [1.807, 2.05) is 12.1 Å². The molecule has 1 aromatic carbocycles. The third-order valence-electron chi connectivity index (χ3n) is 3.77. The average molecular weight is 359 g/mol. The standard InChI is InChI=1S/C17H28Cl2N4/c1-4-23(5-2)11-7-6-10-21-17(20-3)22-13-14-8-9-15(18)12-16(14)19/h8-9,12H,4-7,10-11,13H2,1-3H3,(H2,20,21,22). The molecule has 0 bridgehead atoms. The van der Waals surface area contributed by atoms with E-state index in [1.165, 1.54) is 6.42 Å². The van der Waals surface area contributed by atoms with Crippen LogP contribution in [-0.4, -0.2) is 44.1 Å². The summed E-state index contributed by atoms with van der Waals surface area (Å²) < 4.78 is 0. The highest BCUT2D eigenvalue weighted by Gasteiger charge is 2.03. The molecule has 1 aromatic rings. The number of halogens is 2. The zero-order valence-electron chi connectivity index (χ0n) is 14.3. The lowest BCUT2D eigenvalue weighted by molar-refractivity contribution is 0.297. The van der Waals surface area contributed by atoms with Gasteiger partial charge in [-0.2, -0.15) is 0 Å². The molecule has 0 aromatic heterocycles. The highest BCUT2D eigenvalue weighted by Crippen LogP contribution is 2.20. The van der Waals surface area contributed by atoms with Gasteiger partial charge in [-0.15, -0.1) is 0 Å². The lowest BCUT2D eigenvalue weighted by atomic mass is 10.2. The van der Waals surface area contributed by atoms with Crippen LogP contribution in [0.3, 0.4) is 0 Å². The van der Waals surface area contributed by atoms with E-state index in [2.05, 4.69) is 34.4 Å². The summed E-state index contributed by atoms with van der Waals surface area (Å²) in [6.45, 7) is 9.33. The number of nitrogens with zero attached hydrogens (tertiary/aromatic N) is 2. The quantitative estimate of drug-likeness (QED) is 0.400. The number of aliphatic imine (C=N–C) groups is 1. The van der Waals surface area contributed by atoms with Crippen molar-refractivity contribution in [3.8, 4) is 0 Å². The lowest BCUT2D eigenvalue weighted by Gasteiger charge is -2.18. The van der Waals surface area contributed by atoms with Crippen molar-refractivity contribution in [2.75, 3.05) is 33.2 Å². The molecule has 0 radical (unpaired) electrons. The number of guanidine groups is 1. The van der Waals surface area contributed by atoms with Gasteiger partial charge in [-0.25, -0.2) is 0 Å². The Morgan fingerprint density at radius 1 is 1.13 bits per heavy atom. The fourth-order valence-corrected chi connectivity index (χ4v) is 2.75. The third kappa shape index (κ3) is 7.91. The Kier molecular flexibility index (Phi) is 10.1. The van der Waals surface area contributed by atoms with Crippen molar-refractivity contribution < 1.29 is 0 Å². The predicted octanol–water partition coefficient (Wildman–Crippen LogP) is 3.78. The Hall–Kier alpha value is -0.970. The molecular weight excluding hydrogens is 331 g/mol. The molecular formula is C17H28Cl2N4. The van der Waals surface area contributed by atoms with Gasteiger partial charge >= 0.3 is 0 Å². The second kappa shape index (κ2) is 11.5. The van der Waals surface area contributed by atoms with Crippen LogP contribution in [-0.2, 0) is 6.54 Å². The van der Waals surface area contributed by atoms with Gasteiger partial charge in [0.1, 0.15) is 0 Å². The fraction of sp³-hybridized carbons (Fsp3) is 0.588. The Bertz CT molecular complexity index is 487. The summed E-state index contributed by atoms with van der Waals surface area (Å²) in [6, 6.07) is 5.52. The first-order valence-corrected chi connectivity index (χ1v) is 8.97. The number of hydrogen-bond acceptors (Lipinski definition) is 2. The molecule has 0 saturated heterocycles. The molecule has 0 saturated carbocycles. The number of hydrogen-bond donors (Lipinski definition) is 2. The molecule has 0 heterocycles. The van der Waals surface area contributed by atoms with Gasteiger partial charge in [-0.1, -0.05) is 43.1 Å². The normalized spacial score (nSPS) is 11.8. The Morgan fingerprint density at radius 3 is 2.48 bits per heavy atom. The topological polar surface area (TPSA) is 39.7 Å². The minimum atomic E-state index is 0.620. The summed E-state index contributed by atoms with van der Waals surface area (Å²) in [7, 11) is 1.77. The van der Waals surface area contributed by atoms with E-state index in [9.17, 15) is 0 Å². The molecule has 6 heteroatoms. The number of nitrogens with one attached hydrogen (secondary N) is 2. The smallest absolute Gasteiger partial charge is 0.191 e. The van der Waals surface area contributed by atoms with Crippen LogP contribution in [0.5, 0.6) is 0 Å². The first-order valence-electron chi connectivity index (χ1n) is 8.21. The molecule has 0 aliphatic rings. The van der Waals surface area contributed by atoms with Crippen molar-refractivity contribution in [3.05, 3.63) is 33.8 Å². The summed E-state index contributed by atoms with van der Waals surface area (Å²) in [5.74, 6) is 0.791. The first kappa shape index (κ1) is 20.1. The first-order chi connectivity index (χ1) is 11.1. The highest BCUT2D eigenvalue weighted by atomic mass is 35.5. The van der Waals surface area contributed by atoms with E-state index < -0.39 is 0 Å². The summed E-state index contributed by atoms with van der Waals surface area (Å²) in [5.41, 5.74) is 1.00. The fourth-order valence-electron chi connectivity index (χ4n) is 2.27. The van der Waals surface area contributed by atoms with Gasteiger partial charge in [0.15, 0.2) is 5.96 Å². The van der Waals surface area contributed by atoms with E-state index in [0.29, 0.717) is 16.6 Å². The number of benzene rings is 1. The van der Waals surface area contributed by atoms with Gasteiger partial charge < -0.3 is 15.5 Å². The van der Waals surface area contributed by atoms with Crippen LogP contribution >= 0.6 is 23.2 Å². The Labute approximate surface area is 150 Å². The van der Waals surface area contributed by atoms with Crippen LogP contribution in [0.1, 0.15) is 32.3 Å². The third-order valence-corrected chi connectivity index (χ3v) is 4.36. The van der Waals surface area contributed by atoms with Gasteiger partial charge in [-0.05, 0) is 50.2 Å². The molecule has 23 heavy (non-hydrogen) atoms. The SMILES string of the molecule is CCN(CC)CCCCNC(=NC)NCc1ccc(Cl)cc1Cl. The van der Waals surface area contributed by atoms with E-state index in [-0.39, 0.29) is 0 Å². The maximum absolute atomic E-state index is 6.17. The average Bonchev–Trinajstić information content (AvgIpc) is 2.55. The Morgan fingerprint density at radius 2 is 1.87 bits per heavy atom. The van der Waals surface area contributed by atoms with Crippen molar-refractivity contribution in [3.63, 3.8) is 0 Å². The molecule has 0 aliphatic carbocycles. The number of rotatable bonds is 9. The van der Waals surface area contributed by atoms with Gasteiger partial charge in [-0.3, -0.25) is 4.99 Å². The molecule has 1 rings (SSSR count). The molecule has 0 fully saturated rings. The second-order valence-electron chi connectivity index (χ2n) is 5.32. The van der Waals surface area contributed by atoms with E-state index in [4.69, 9.17) is 23.2 Å². The van der Waals surface area contributed by atoms with Gasteiger partial charge in [0.2, 0.25) is 0 Å². The van der Waals surface area contributed by atoms with Crippen molar-refractivity contribution in [1.29, 1.82) is 0 Å². The van der Waals surface area contributed by atoms with Crippen LogP contribution in [0.15, 0.2) is 23.2 Å². The zero-order valence-corrected chi connectivity index (χ0v) is 15.8. The van der Waals surface area contributed by atoms with Crippen LogP contribution in [0.2, 0.25) is 10.0 Å². The van der Waals surface area contributed by atoms with Crippen LogP contribution in [0, 0.1) is 0 Å².